The molecule has 0 radical (unpaired) electrons. The van der Waals surface area contributed by atoms with Crippen LogP contribution >= 0.6 is 0 Å². The van der Waals surface area contributed by atoms with E-state index < -0.39 is 6.10 Å². The van der Waals surface area contributed by atoms with E-state index in [4.69, 9.17) is 9.47 Å². The zero-order chi connectivity index (χ0) is 19.6. The number of ether oxygens (including phenoxy) is 2. The molecule has 1 atom stereocenters. The van der Waals surface area contributed by atoms with Crippen molar-refractivity contribution in [3.63, 3.8) is 0 Å². The van der Waals surface area contributed by atoms with Crippen molar-refractivity contribution in [1.82, 2.24) is 20.0 Å². The molecule has 154 valence electrons. The molecule has 28 heavy (non-hydrogen) atoms. The van der Waals surface area contributed by atoms with Gasteiger partial charge in [-0.15, -0.1) is 0 Å². The van der Waals surface area contributed by atoms with E-state index in [9.17, 15) is 5.11 Å². The second-order valence-electron chi connectivity index (χ2n) is 7.25. The molecule has 1 aromatic carbocycles. The Hall–Kier alpha value is -2.09. The zero-order valence-corrected chi connectivity index (χ0v) is 16.7. The third kappa shape index (κ3) is 6.51. The van der Waals surface area contributed by atoms with Gasteiger partial charge in [-0.2, -0.15) is 5.10 Å². The fraction of sp³-hybridized carbons (Fsp3) is 0.571. The Morgan fingerprint density at radius 3 is 2.89 bits per heavy atom. The van der Waals surface area contributed by atoms with Crippen LogP contribution in [0.2, 0.25) is 0 Å². The van der Waals surface area contributed by atoms with Crippen LogP contribution in [-0.2, 0) is 13.1 Å². The maximum Gasteiger partial charge on any atom is 0.127 e. The smallest absolute Gasteiger partial charge is 0.127 e. The molecule has 2 heterocycles. The highest BCUT2D eigenvalue weighted by atomic mass is 16.5. The van der Waals surface area contributed by atoms with Crippen molar-refractivity contribution in [3.05, 3.63) is 42.2 Å². The Balaban J connectivity index is 1.46. The van der Waals surface area contributed by atoms with Crippen molar-refractivity contribution in [2.75, 3.05) is 39.9 Å². The summed E-state index contributed by atoms with van der Waals surface area (Å²) < 4.78 is 13.2. The molecule has 2 aromatic rings. The van der Waals surface area contributed by atoms with Gasteiger partial charge in [0.2, 0.25) is 0 Å². The average Bonchev–Trinajstić information content (AvgIpc) is 3.41. The summed E-state index contributed by atoms with van der Waals surface area (Å²) in [5, 5.41) is 18.0. The second kappa shape index (κ2) is 11.0. The summed E-state index contributed by atoms with van der Waals surface area (Å²) in [4.78, 5) is 2.29. The first kappa shape index (κ1) is 20.6. The number of aliphatic hydroxyl groups excluding tert-OH is 1. The van der Waals surface area contributed by atoms with Crippen molar-refractivity contribution in [1.29, 1.82) is 0 Å². The van der Waals surface area contributed by atoms with Crippen LogP contribution in [0.1, 0.15) is 24.8 Å². The number of hydrogen-bond acceptors (Lipinski definition) is 6. The quantitative estimate of drug-likeness (QED) is 0.541. The van der Waals surface area contributed by atoms with E-state index in [1.807, 2.05) is 35.1 Å². The fourth-order valence-electron chi connectivity index (χ4n) is 3.47. The number of rotatable bonds is 12. The number of aryl methyl sites for hydroxylation is 1. The van der Waals surface area contributed by atoms with E-state index in [0.717, 1.165) is 49.7 Å². The number of likely N-dealkylation sites (tertiary alicyclic amines) is 1. The maximum atomic E-state index is 10.3. The summed E-state index contributed by atoms with van der Waals surface area (Å²) >= 11 is 0. The third-order valence-corrected chi connectivity index (χ3v) is 4.99. The lowest BCUT2D eigenvalue weighted by molar-refractivity contribution is 0.0753. The molecule has 1 saturated heterocycles. The summed E-state index contributed by atoms with van der Waals surface area (Å²) in [7, 11) is 1.65. The van der Waals surface area contributed by atoms with Gasteiger partial charge < -0.3 is 24.8 Å². The highest BCUT2D eigenvalue weighted by Crippen LogP contribution is 2.25. The van der Waals surface area contributed by atoms with Crippen LogP contribution < -0.4 is 14.8 Å². The molecule has 0 unspecified atom stereocenters. The van der Waals surface area contributed by atoms with Gasteiger partial charge in [0, 0.05) is 43.7 Å². The first-order chi connectivity index (χ1) is 13.7. The van der Waals surface area contributed by atoms with Gasteiger partial charge in [-0.1, -0.05) is 6.07 Å². The lowest BCUT2D eigenvalue weighted by Crippen LogP contribution is -2.33. The summed E-state index contributed by atoms with van der Waals surface area (Å²) in [5.41, 5.74) is 1.06. The molecular formula is C21H32N4O3. The molecule has 1 aliphatic rings. The fourth-order valence-corrected chi connectivity index (χ4v) is 3.47. The minimum absolute atomic E-state index is 0.288. The van der Waals surface area contributed by atoms with Crippen LogP contribution in [-0.4, -0.2) is 65.8 Å². The topological polar surface area (TPSA) is 71.8 Å². The number of hydrogen-bond donors (Lipinski definition) is 2. The van der Waals surface area contributed by atoms with E-state index in [-0.39, 0.29) is 6.61 Å². The number of aliphatic hydroxyl groups is 1. The van der Waals surface area contributed by atoms with Crippen molar-refractivity contribution >= 4 is 0 Å². The summed E-state index contributed by atoms with van der Waals surface area (Å²) in [6.45, 7) is 5.60. The maximum absolute atomic E-state index is 10.3. The van der Waals surface area contributed by atoms with Gasteiger partial charge >= 0.3 is 0 Å². The molecule has 7 nitrogen and oxygen atoms in total. The number of nitrogens with one attached hydrogen (secondary N) is 1. The van der Waals surface area contributed by atoms with Gasteiger partial charge in [-0.05, 0) is 51.0 Å². The van der Waals surface area contributed by atoms with Crippen LogP contribution in [0.4, 0.5) is 0 Å². The normalized spacial score (nSPS) is 15.6. The third-order valence-electron chi connectivity index (χ3n) is 4.99. The Labute approximate surface area is 167 Å². The lowest BCUT2D eigenvalue weighted by Gasteiger charge is -2.20. The van der Waals surface area contributed by atoms with E-state index in [0.29, 0.717) is 13.1 Å². The second-order valence-corrected chi connectivity index (χ2v) is 7.25. The van der Waals surface area contributed by atoms with Gasteiger partial charge in [-0.3, -0.25) is 4.68 Å². The van der Waals surface area contributed by atoms with Gasteiger partial charge in [0.15, 0.2) is 0 Å². The van der Waals surface area contributed by atoms with E-state index in [2.05, 4.69) is 15.3 Å². The first-order valence-corrected chi connectivity index (χ1v) is 10.1. The van der Waals surface area contributed by atoms with Crippen LogP contribution in [0.25, 0.3) is 0 Å². The Bertz CT molecular complexity index is 687. The molecular weight excluding hydrogens is 356 g/mol. The predicted octanol–water partition coefficient (Wildman–Crippen LogP) is 1.91. The molecule has 7 heteroatoms. The molecule has 3 rings (SSSR count). The number of benzene rings is 1. The van der Waals surface area contributed by atoms with Gasteiger partial charge in [0.1, 0.15) is 24.2 Å². The number of aromatic nitrogens is 2. The molecule has 1 fully saturated rings. The first-order valence-electron chi connectivity index (χ1n) is 10.1. The summed E-state index contributed by atoms with van der Waals surface area (Å²) in [6.07, 6.45) is 6.73. The van der Waals surface area contributed by atoms with Crippen molar-refractivity contribution < 1.29 is 14.6 Å². The molecule has 2 N–H and O–H groups in total. The number of methoxy groups -OCH3 is 1. The standard InChI is InChI=1S/C21H32N4O3/c1-27-20-7-6-18(15-22-8-4-12-25-13-5-9-23-25)21(14-20)28-17-19(26)16-24-10-2-3-11-24/h5-7,9,13-14,19,22,26H,2-4,8,10-12,15-17H2,1H3/t19-/m1/s1. The summed E-state index contributed by atoms with van der Waals surface area (Å²) in [5.74, 6) is 1.52. The van der Waals surface area contributed by atoms with E-state index >= 15 is 0 Å². The van der Waals surface area contributed by atoms with Gasteiger partial charge in [0.05, 0.1) is 7.11 Å². The van der Waals surface area contributed by atoms with E-state index in [1.54, 1.807) is 13.3 Å². The van der Waals surface area contributed by atoms with Gasteiger partial charge in [-0.25, -0.2) is 0 Å². The monoisotopic (exact) mass is 388 g/mol. The highest BCUT2D eigenvalue weighted by Gasteiger charge is 2.17. The van der Waals surface area contributed by atoms with Crippen molar-refractivity contribution in [3.8, 4) is 11.5 Å². The SMILES string of the molecule is COc1ccc(CNCCCn2cccn2)c(OC[C@H](O)CN2CCCC2)c1. The van der Waals surface area contributed by atoms with Crippen LogP contribution in [0.3, 0.4) is 0 Å². The molecule has 0 spiro atoms. The Morgan fingerprint density at radius 1 is 1.29 bits per heavy atom. The largest absolute Gasteiger partial charge is 0.497 e. The summed E-state index contributed by atoms with van der Waals surface area (Å²) in [6, 6.07) is 7.78. The van der Waals surface area contributed by atoms with Crippen molar-refractivity contribution in [2.45, 2.75) is 38.5 Å². The Morgan fingerprint density at radius 2 is 2.14 bits per heavy atom. The minimum Gasteiger partial charge on any atom is -0.497 e. The van der Waals surface area contributed by atoms with Crippen LogP contribution in [0.15, 0.2) is 36.7 Å². The molecule has 0 amide bonds. The molecule has 1 aliphatic heterocycles. The molecule has 0 aliphatic carbocycles. The highest BCUT2D eigenvalue weighted by molar-refractivity contribution is 5.40. The molecule has 0 bridgehead atoms. The minimum atomic E-state index is -0.487. The van der Waals surface area contributed by atoms with Crippen LogP contribution in [0.5, 0.6) is 11.5 Å². The average molecular weight is 389 g/mol. The van der Waals surface area contributed by atoms with Crippen LogP contribution in [0, 0.1) is 0 Å². The Kier molecular flexibility index (Phi) is 8.14. The zero-order valence-electron chi connectivity index (χ0n) is 16.7. The number of β-amino-alcohol motifs (C(OH)–C–C–N with tert-alkyl or cyclic N) is 1. The van der Waals surface area contributed by atoms with E-state index in [1.165, 1.54) is 12.8 Å². The molecule has 1 aromatic heterocycles. The number of nitrogens with zero attached hydrogens (tertiary/aromatic N) is 3. The van der Waals surface area contributed by atoms with Crippen molar-refractivity contribution in [2.24, 2.45) is 0 Å². The molecule has 0 saturated carbocycles. The lowest BCUT2D eigenvalue weighted by atomic mass is 10.2. The van der Waals surface area contributed by atoms with Gasteiger partial charge in [0.25, 0.3) is 0 Å². The predicted molar refractivity (Wildman–Crippen MR) is 109 cm³/mol.